The van der Waals surface area contributed by atoms with Crippen LogP contribution >= 0.6 is 17.0 Å². The molecule has 0 saturated carbocycles. The Balaban J connectivity index is 0. The monoisotopic (exact) mass is 373 g/mol. The SMILES string of the molecule is Br.CCC[O][Sn][CH](C)CCCC(C)N. The first-order valence-electron chi connectivity index (χ1n) is 5.29. The molecule has 0 amide bonds. The number of nitrogens with two attached hydrogens (primary N) is 1. The maximum absolute atomic E-state index is 5.68. The summed E-state index contributed by atoms with van der Waals surface area (Å²) in [4.78, 5) is 0. The van der Waals surface area contributed by atoms with Crippen molar-refractivity contribution in [2.75, 3.05) is 6.61 Å². The summed E-state index contributed by atoms with van der Waals surface area (Å²) in [7, 11) is 0. The zero-order valence-corrected chi connectivity index (χ0v) is 14.2. The van der Waals surface area contributed by atoms with E-state index in [1.54, 1.807) is 0 Å². The maximum atomic E-state index is 5.68. The predicted octanol–water partition coefficient (Wildman–Crippen LogP) is 2.94. The van der Waals surface area contributed by atoms with Gasteiger partial charge >= 0.3 is 93.4 Å². The normalized spacial score (nSPS) is 14.6. The number of rotatable bonds is 8. The molecule has 0 aliphatic heterocycles. The molecule has 0 aliphatic carbocycles. The second-order valence-corrected chi connectivity index (χ2v) is 8.09. The standard InChI is InChI=1S/C7H16N.C3H7O.BrH.Sn/c1-3-4-5-6-7(2)8;1-2-3-4;;/h3,7H,4-6,8H2,1-2H3;2-3H2,1H3;1H;/q;-1;;+1. The predicted molar refractivity (Wildman–Crippen MR) is 69.2 cm³/mol. The first kappa shape index (κ1) is 17.6. The van der Waals surface area contributed by atoms with Crippen molar-refractivity contribution in [2.45, 2.75) is 56.4 Å². The van der Waals surface area contributed by atoms with Crippen LogP contribution in [-0.2, 0) is 3.07 Å². The molecule has 0 aromatic rings. The molecule has 0 heterocycles. The summed E-state index contributed by atoms with van der Waals surface area (Å²) < 4.78 is 6.50. The van der Waals surface area contributed by atoms with E-state index in [2.05, 4.69) is 20.8 Å². The molecule has 2 radical (unpaired) electrons. The first-order chi connectivity index (χ1) is 6.16. The Morgan fingerprint density at radius 1 is 1.29 bits per heavy atom. The summed E-state index contributed by atoms with van der Waals surface area (Å²) in [6, 6.07) is 0.370. The molecule has 0 rings (SSSR count). The summed E-state index contributed by atoms with van der Waals surface area (Å²) in [6.45, 7) is 7.55. The summed E-state index contributed by atoms with van der Waals surface area (Å²) in [6.07, 6.45) is 4.91. The molecule has 0 aromatic heterocycles. The van der Waals surface area contributed by atoms with Gasteiger partial charge in [0.15, 0.2) is 0 Å². The minimum absolute atomic E-state index is 0. The van der Waals surface area contributed by atoms with Crippen LogP contribution in [0.25, 0.3) is 0 Å². The molecular formula is C10H24BrNOSn. The number of hydrogen-bond donors (Lipinski definition) is 1. The van der Waals surface area contributed by atoms with Crippen LogP contribution in [0.2, 0.25) is 3.93 Å². The van der Waals surface area contributed by atoms with Gasteiger partial charge in [-0.2, -0.15) is 0 Å². The van der Waals surface area contributed by atoms with Gasteiger partial charge in [-0.1, -0.05) is 0 Å². The molecule has 2 N–H and O–H groups in total. The molecule has 0 spiro atoms. The van der Waals surface area contributed by atoms with E-state index in [0.29, 0.717) is 6.04 Å². The van der Waals surface area contributed by atoms with E-state index in [0.717, 1.165) is 23.4 Å². The Hall–Kier alpha value is 1.20. The molecule has 2 unspecified atom stereocenters. The van der Waals surface area contributed by atoms with Crippen LogP contribution in [0.4, 0.5) is 0 Å². The van der Waals surface area contributed by atoms with E-state index < -0.39 is 21.6 Å². The van der Waals surface area contributed by atoms with Crippen LogP contribution < -0.4 is 5.73 Å². The molecule has 0 bridgehead atoms. The van der Waals surface area contributed by atoms with Crippen molar-refractivity contribution >= 4 is 38.5 Å². The minimum atomic E-state index is -0.523. The van der Waals surface area contributed by atoms with Crippen molar-refractivity contribution < 1.29 is 3.07 Å². The summed E-state index contributed by atoms with van der Waals surface area (Å²) in [5.41, 5.74) is 5.68. The number of hydrogen-bond acceptors (Lipinski definition) is 2. The molecule has 2 atom stereocenters. The molecule has 0 saturated heterocycles. The van der Waals surface area contributed by atoms with Crippen LogP contribution in [-0.4, -0.2) is 34.2 Å². The van der Waals surface area contributed by atoms with Crippen molar-refractivity contribution in [1.29, 1.82) is 0 Å². The molecule has 0 aliphatic rings. The van der Waals surface area contributed by atoms with Crippen molar-refractivity contribution in [3.05, 3.63) is 0 Å². The number of halogens is 1. The van der Waals surface area contributed by atoms with Crippen LogP contribution in [0.3, 0.4) is 0 Å². The van der Waals surface area contributed by atoms with Gasteiger partial charge in [0.2, 0.25) is 0 Å². The Bertz CT molecular complexity index is 114. The van der Waals surface area contributed by atoms with Gasteiger partial charge < -0.3 is 0 Å². The second kappa shape index (κ2) is 12.3. The molecule has 0 aromatic carbocycles. The molecule has 14 heavy (non-hydrogen) atoms. The second-order valence-electron chi connectivity index (χ2n) is 3.78. The van der Waals surface area contributed by atoms with Crippen molar-refractivity contribution in [3.63, 3.8) is 0 Å². The van der Waals surface area contributed by atoms with E-state index in [9.17, 15) is 0 Å². The fraction of sp³-hybridized carbons (Fsp3) is 1.00. The van der Waals surface area contributed by atoms with E-state index in [1.165, 1.54) is 12.8 Å². The molecular weight excluding hydrogens is 349 g/mol. The Labute approximate surface area is 110 Å². The molecule has 0 fully saturated rings. The Morgan fingerprint density at radius 3 is 2.43 bits per heavy atom. The van der Waals surface area contributed by atoms with Crippen molar-refractivity contribution in [1.82, 2.24) is 0 Å². The van der Waals surface area contributed by atoms with E-state index in [1.807, 2.05) is 0 Å². The van der Waals surface area contributed by atoms with E-state index in [4.69, 9.17) is 8.81 Å². The van der Waals surface area contributed by atoms with Gasteiger partial charge in [-0.15, -0.1) is 17.0 Å². The van der Waals surface area contributed by atoms with Gasteiger partial charge in [-0.25, -0.2) is 0 Å². The Kier molecular flexibility index (Phi) is 15.4. The fourth-order valence-corrected chi connectivity index (χ4v) is 3.76. The van der Waals surface area contributed by atoms with E-state index >= 15 is 0 Å². The van der Waals surface area contributed by atoms with Crippen molar-refractivity contribution in [3.8, 4) is 0 Å². The van der Waals surface area contributed by atoms with Crippen LogP contribution in [0, 0.1) is 0 Å². The quantitative estimate of drug-likeness (QED) is 0.525. The van der Waals surface area contributed by atoms with Gasteiger partial charge in [0.1, 0.15) is 0 Å². The molecule has 2 nitrogen and oxygen atoms in total. The zero-order chi connectivity index (χ0) is 10.1. The van der Waals surface area contributed by atoms with Crippen LogP contribution in [0.15, 0.2) is 0 Å². The zero-order valence-electron chi connectivity index (χ0n) is 9.58. The van der Waals surface area contributed by atoms with Crippen LogP contribution in [0.1, 0.15) is 46.5 Å². The summed E-state index contributed by atoms with van der Waals surface area (Å²) >= 11 is -0.523. The third-order valence-electron chi connectivity index (χ3n) is 1.89. The fourth-order valence-electron chi connectivity index (χ4n) is 1.11. The molecule has 4 heteroatoms. The third kappa shape index (κ3) is 13.2. The average Bonchev–Trinajstić information content (AvgIpc) is 2.04. The van der Waals surface area contributed by atoms with Crippen LogP contribution in [0.5, 0.6) is 0 Å². The third-order valence-corrected chi connectivity index (χ3v) is 4.92. The topological polar surface area (TPSA) is 35.2 Å². The average molecular weight is 373 g/mol. The van der Waals surface area contributed by atoms with E-state index in [-0.39, 0.29) is 17.0 Å². The molecule has 86 valence electrons. The van der Waals surface area contributed by atoms with Crippen molar-refractivity contribution in [2.24, 2.45) is 5.73 Å². The van der Waals surface area contributed by atoms with Gasteiger partial charge in [-0.05, 0) is 0 Å². The van der Waals surface area contributed by atoms with Gasteiger partial charge in [0.25, 0.3) is 0 Å². The Morgan fingerprint density at radius 2 is 1.93 bits per heavy atom. The van der Waals surface area contributed by atoms with Gasteiger partial charge in [-0.3, -0.25) is 0 Å². The summed E-state index contributed by atoms with van der Waals surface area (Å²) in [5.74, 6) is 0. The van der Waals surface area contributed by atoms with Gasteiger partial charge in [0, 0.05) is 0 Å². The van der Waals surface area contributed by atoms with Gasteiger partial charge in [0.05, 0.1) is 0 Å². The first-order valence-corrected chi connectivity index (χ1v) is 8.11. The summed E-state index contributed by atoms with van der Waals surface area (Å²) in [5, 5.41) is 0.